The van der Waals surface area contributed by atoms with E-state index in [0.717, 1.165) is 11.1 Å². The molecule has 0 fully saturated rings. The van der Waals surface area contributed by atoms with Crippen LogP contribution in [0.5, 0.6) is 0 Å². The third-order valence-corrected chi connectivity index (χ3v) is 2.67. The summed E-state index contributed by atoms with van der Waals surface area (Å²) in [5.41, 5.74) is 2.93. The van der Waals surface area contributed by atoms with Crippen LogP contribution in [0.1, 0.15) is 28.6 Å². The van der Waals surface area contributed by atoms with E-state index < -0.39 is 5.97 Å². The summed E-state index contributed by atoms with van der Waals surface area (Å²) in [5.74, 6) is 0.0795. The third kappa shape index (κ3) is 2.27. The summed E-state index contributed by atoms with van der Waals surface area (Å²) in [5, 5.41) is 3.94. The molecule has 4 nitrogen and oxygen atoms in total. The predicted octanol–water partition coefficient (Wildman–Crippen LogP) is 3.14. The maximum absolute atomic E-state index is 11.9. The molecule has 0 aliphatic heterocycles. The Bertz CT molecular complexity index is 555. The normalized spacial score (nSPS) is 10.4. The Labute approximate surface area is 106 Å². The van der Waals surface area contributed by atoms with Gasteiger partial charge in [-0.2, -0.15) is 0 Å². The lowest BCUT2D eigenvalue weighted by Gasteiger charge is -2.03. The lowest BCUT2D eigenvalue weighted by atomic mass is 10.1. The number of ether oxygens (including phenoxy) is 1. The average Bonchev–Trinajstić information content (AvgIpc) is 2.72. The van der Waals surface area contributed by atoms with Crippen molar-refractivity contribution < 1.29 is 14.1 Å². The number of esters is 1. The SMILES string of the molecule is CCOC(=O)c1c(-c2ccc(C)cc2)noc1C. The zero-order valence-corrected chi connectivity index (χ0v) is 10.7. The second kappa shape index (κ2) is 5.04. The van der Waals surface area contributed by atoms with E-state index in [1.807, 2.05) is 31.2 Å². The van der Waals surface area contributed by atoms with Crippen LogP contribution in [-0.2, 0) is 4.74 Å². The fourth-order valence-electron chi connectivity index (χ4n) is 1.72. The highest BCUT2D eigenvalue weighted by Gasteiger charge is 2.22. The molecule has 0 N–H and O–H groups in total. The molecule has 0 atom stereocenters. The molecule has 0 aliphatic carbocycles. The van der Waals surface area contributed by atoms with Crippen LogP contribution in [0, 0.1) is 13.8 Å². The van der Waals surface area contributed by atoms with E-state index >= 15 is 0 Å². The Morgan fingerprint density at radius 2 is 1.94 bits per heavy atom. The molecule has 18 heavy (non-hydrogen) atoms. The van der Waals surface area contributed by atoms with Gasteiger partial charge in [0, 0.05) is 5.56 Å². The summed E-state index contributed by atoms with van der Waals surface area (Å²) in [7, 11) is 0. The van der Waals surface area contributed by atoms with Crippen LogP contribution < -0.4 is 0 Å². The van der Waals surface area contributed by atoms with Crippen molar-refractivity contribution in [1.29, 1.82) is 0 Å². The number of hydrogen-bond acceptors (Lipinski definition) is 4. The molecule has 0 saturated heterocycles. The smallest absolute Gasteiger partial charge is 0.344 e. The van der Waals surface area contributed by atoms with Crippen LogP contribution in [0.2, 0.25) is 0 Å². The number of carbonyl (C=O) groups excluding carboxylic acids is 1. The fraction of sp³-hybridized carbons (Fsp3) is 0.286. The summed E-state index contributed by atoms with van der Waals surface area (Å²) in [6.07, 6.45) is 0. The highest BCUT2D eigenvalue weighted by molar-refractivity contribution is 5.97. The standard InChI is InChI=1S/C14H15NO3/c1-4-17-14(16)12-10(3)18-15-13(12)11-7-5-9(2)6-8-11/h5-8H,4H2,1-3H3. The average molecular weight is 245 g/mol. The quantitative estimate of drug-likeness (QED) is 0.779. The molecule has 2 rings (SSSR count). The molecule has 4 heteroatoms. The van der Waals surface area contributed by atoms with Gasteiger partial charge in [0.2, 0.25) is 0 Å². The second-order valence-electron chi connectivity index (χ2n) is 4.05. The van der Waals surface area contributed by atoms with E-state index in [1.165, 1.54) is 0 Å². The van der Waals surface area contributed by atoms with Crippen LogP contribution in [-0.4, -0.2) is 17.7 Å². The minimum atomic E-state index is -0.396. The van der Waals surface area contributed by atoms with Crippen molar-refractivity contribution in [3.63, 3.8) is 0 Å². The minimum Gasteiger partial charge on any atom is -0.462 e. The Balaban J connectivity index is 2.45. The molecular formula is C14H15NO3. The molecule has 0 unspecified atom stereocenters. The Kier molecular flexibility index (Phi) is 3.46. The van der Waals surface area contributed by atoms with E-state index in [0.29, 0.717) is 23.6 Å². The first-order valence-electron chi connectivity index (χ1n) is 5.84. The van der Waals surface area contributed by atoms with Gasteiger partial charge < -0.3 is 9.26 Å². The summed E-state index contributed by atoms with van der Waals surface area (Å²) < 4.78 is 10.1. The Morgan fingerprint density at radius 1 is 1.28 bits per heavy atom. The van der Waals surface area contributed by atoms with Crippen LogP contribution in [0.25, 0.3) is 11.3 Å². The van der Waals surface area contributed by atoms with Crippen molar-refractivity contribution in [2.24, 2.45) is 0 Å². The van der Waals surface area contributed by atoms with E-state index in [2.05, 4.69) is 5.16 Å². The van der Waals surface area contributed by atoms with Crippen molar-refractivity contribution >= 4 is 5.97 Å². The first kappa shape index (κ1) is 12.4. The molecule has 94 valence electrons. The Hall–Kier alpha value is -2.10. The molecule has 0 aliphatic rings. The monoisotopic (exact) mass is 245 g/mol. The zero-order valence-electron chi connectivity index (χ0n) is 10.7. The number of nitrogens with zero attached hydrogens (tertiary/aromatic N) is 1. The maximum Gasteiger partial charge on any atom is 0.344 e. The van der Waals surface area contributed by atoms with Crippen LogP contribution >= 0.6 is 0 Å². The molecule has 1 aromatic carbocycles. The minimum absolute atomic E-state index is 0.330. The Morgan fingerprint density at radius 3 is 2.56 bits per heavy atom. The lowest BCUT2D eigenvalue weighted by Crippen LogP contribution is -2.06. The van der Waals surface area contributed by atoms with Gasteiger partial charge in [0.1, 0.15) is 17.0 Å². The number of aryl methyl sites for hydroxylation is 2. The molecule has 0 spiro atoms. The van der Waals surface area contributed by atoms with Crippen LogP contribution in [0.3, 0.4) is 0 Å². The zero-order chi connectivity index (χ0) is 13.1. The first-order chi connectivity index (χ1) is 8.63. The van der Waals surface area contributed by atoms with E-state index in [9.17, 15) is 4.79 Å². The molecule has 0 bridgehead atoms. The molecule has 0 radical (unpaired) electrons. The van der Waals surface area contributed by atoms with Crippen molar-refractivity contribution in [1.82, 2.24) is 5.16 Å². The summed E-state index contributed by atoms with van der Waals surface area (Å²) in [6.45, 7) is 5.81. The van der Waals surface area contributed by atoms with Gasteiger partial charge in [0.05, 0.1) is 6.61 Å². The predicted molar refractivity (Wildman–Crippen MR) is 67.4 cm³/mol. The molecule has 1 aromatic heterocycles. The summed E-state index contributed by atoms with van der Waals surface area (Å²) in [4.78, 5) is 11.9. The van der Waals surface area contributed by atoms with Gasteiger partial charge in [0.25, 0.3) is 0 Å². The number of carbonyl (C=O) groups is 1. The first-order valence-corrected chi connectivity index (χ1v) is 5.84. The van der Waals surface area contributed by atoms with Gasteiger partial charge in [-0.3, -0.25) is 0 Å². The number of rotatable bonds is 3. The van der Waals surface area contributed by atoms with Gasteiger partial charge in [-0.05, 0) is 20.8 Å². The van der Waals surface area contributed by atoms with Crippen LogP contribution in [0.4, 0.5) is 0 Å². The van der Waals surface area contributed by atoms with E-state index in [1.54, 1.807) is 13.8 Å². The molecule has 0 amide bonds. The summed E-state index contributed by atoms with van der Waals surface area (Å²) >= 11 is 0. The highest BCUT2D eigenvalue weighted by atomic mass is 16.5. The second-order valence-corrected chi connectivity index (χ2v) is 4.05. The summed E-state index contributed by atoms with van der Waals surface area (Å²) in [6, 6.07) is 7.76. The van der Waals surface area contributed by atoms with E-state index in [4.69, 9.17) is 9.26 Å². The van der Waals surface area contributed by atoms with Gasteiger partial charge in [-0.15, -0.1) is 0 Å². The number of hydrogen-bond donors (Lipinski definition) is 0. The van der Waals surface area contributed by atoms with Crippen molar-refractivity contribution in [3.05, 3.63) is 41.2 Å². The highest BCUT2D eigenvalue weighted by Crippen LogP contribution is 2.26. The van der Waals surface area contributed by atoms with Crippen LogP contribution in [0.15, 0.2) is 28.8 Å². The van der Waals surface area contributed by atoms with Gasteiger partial charge in [-0.25, -0.2) is 4.79 Å². The molecule has 1 heterocycles. The third-order valence-electron chi connectivity index (χ3n) is 2.67. The molecule has 2 aromatic rings. The number of benzene rings is 1. The van der Waals surface area contributed by atoms with Crippen molar-refractivity contribution in [3.8, 4) is 11.3 Å². The fourth-order valence-corrected chi connectivity index (χ4v) is 1.72. The molecular weight excluding hydrogens is 230 g/mol. The largest absolute Gasteiger partial charge is 0.462 e. The lowest BCUT2D eigenvalue weighted by molar-refractivity contribution is 0.0525. The number of aromatic nitrogens is 1. The topological polar surface area (TPSA) is 52.3 Å². The van der Waals surface area contributed by atoms with Gasteiger partial charge in [-0.1, -0.05) is 35.0 Å². The van der Waals surface area contributed by atoms with E-state index in [-0.39, 0.29) is 0 Å². The van der Waals surface area contributed by atoms with Crippen molar-refractivity contribution in [2.75, 3.05) is 6.61 Å². The maximum atomic E-state index is 11.9. The molecule has 0 saturated carbocycles. The van der Waals surface area contributed by atoms with Gasteiger partial charge in [0.15, 0.2) is 0 Å². The van der Waals surface area contributed by atoms with Crippen molar-refractivity contribution in [2.45, 2.75) is 20.8 Å². The van der Waals surface area contributed by atoms with Gasteiger partial charge >= 0.3 is 5.97 Å².